The van der Waals surface area contributed by atoms with Crippen molar-refractivity contribution in [3.05, 3.63) is 90.3 Å². The topological polar surface area (TPSA) is 25.4 Å². The van der Waals surface area contributed by atoms with Crippen LogP contribution in [0.5, 0.6) is 0 Å². The Kier molecular flexibility index (Phi) is 4.12. The van der Waals surface area contributed by atoms with Gasteiger partial charge in [0, 0.05) is 25.9 Å². The molecule has 3 nitrogen and oxygen atoms in total. The molecule has 0 bridgehead atoms. The predicted molar refractivity (Wildman–Crippen MR) is 99.7 cm³/mol. The highest BCUT2D eigenvalue weighted by atomic mass is 16.7. The van der Waals surface area contributed by atoms with E-state index >= 15 is 0 Å². The standard InChI is InChI=1S/C22H22N2O/c1-22(20-9-6-14-23-16-20)15-21(25-24(22)2)19-12-10-18(11-13-19)17-7-4-3-5-8-17/h3-14,16,21H,15H2,1-2H3. The van der Waals surface area contributed by atoms with E-state index in [1.165, 1.54) is 22.3 Å². The molecular formula is C22H22N2O. The summed E-state index contributed by atoms with van der Waals surface area (Å²) < 4.78 is 0. The molecule has 126 valence electrons. The van der Waals surface area contributed by atoms with E-state index in [0.29, 0.717) is 0 Å². The molecule has 0 aliphatic carbocycles. The SMILES string of the molecule is CN1OC(c2ccc(-c3ccccc3)cc2)CC1(C)c1cccnc1. The van der Waals surface area contributed by atoms with Crippen LogP contribution in [0.4, 0.5) is 0 Å². The molecule has 3 aromatic rings. The molecule has 1 aliphatic heterocycles. The van der Waals surface area contributed by atoms with Crippen LogP contribution >= 0.6 is 0 Å². The van der Waals surface area contributed by atoms with Crippen LogP contribution < -0.4 is 0 Å². The molecule has 2 heterocycles. The van der Waals surface area contributed by atoms with E-state index in [4.69, 9.17) is 4.84 Å². The average molecular weight is 330 g/mol. The first-order valence-electron chi connectivity index (χ1n) is 8.63. The van der Waals surface area contributed by atoms with Gasteiger partial charge in [-0.15, -0.1) is 0 Å². The molecule has 0 radical (unpaired) electrons. The Morgan fingerprint density at radius 1 is 0.960 bits per heavy atom. The lowest BCUT2D eigenvalue weighted by Gasteiger charge is -2.29. The minimum Gasteiger partial charge on any atom is -0.290 e. The van der Waals surface area contributed by atoms with E-state index in [9.17, 15) is 0 Å². The number of benzene rings is 2. The Morgan fingerprint density at radius 2 is 1.68 bits per heavy atom. The van der Waals surface area contributed by atoms with Crippen molar-refractivity contribution in [2.24, 2.45) is 0 Å². The van der Waals surface area contributed by atoms with E-state index in [-0.39, 0.29) is 11.6 Å². The van der Waals surface area contributed by atoms with E-state index < -0.39 is 0 Å². The molecule has 0 amide bonds. The van der Waals surface area contributed by atoms with Crippen LogP contribution in [0.2, 0.25) is 0 Å². The third kappa shape index (κ3) is 2.97. The predicted octanol–water partition coefficient (Wildman–Crippen LogP) is 4.97. The van der Waals surface area contributed by atoms with Gasteiger partial charge in [-0.1, -0.05) is 60.7 Å². The number of rotatable bonds is 3. The average Bonchev–Trinajstić information content (AvgIpc) is 2.99. The van der Waals surface area contributed by atoms with Gasteiger partial charge >= 0.3 is 0 Å². The molecule has 0 spiro atoms. The Bertz CT molecular complexity index is 833. The molecule has 1 aromatic heterocycles. The van der Waals surface area contributed by atoms with E-state index in [1.807, 2.05) is 36.6 Å². The van der Waals surface area contributed by atoms with Crippen molar-refractivity contribution < 1.29 is 4.84 Å². The van der Waals surface area contributed by atoms with Crippen LogP contribution in [-0.2, 0) is 10.4 Å². The minimum atomic E-state index is -0.170. The van der Waals surface area contributed by atoms with Crippen molar-refractivity contribution in [1.82, 2.24) is 10.0 Å². The van der Waals surface area contributed by atoms with Gasteiger partial charge in [-0.05, 0) is 35.2 Å². The van der Waals surface area contributed by atoms with Crippen LogP contribution in [-0.4, -0.2) is 17.1 Å². The molecule has 0 saturated carbocycles. The Labute approximate surface area is 148 Å². The molecule has 4 rings (SSSR count). The minimum absolute atomic E-state index is 0.0556. The van der Waals surface area contributed by atoms with Crippen molar-refractivity contribution in [2.75, 3.05) is 7.05 Å². The fraction of sp³-hybridized carbons (Fsp3) is 0.227. The highest BCUT2D eigenvalue weighted by molar-refractivity contribution is 5.63. The molecule has 2 aromatic carbocycles. The number of nitrogens with zero attached hydrogens (tertiary/aromatic N) is 2. The maximum Gasteiger partial charge on any atom is 0.106 e. The van der Waals surface area contributed by atoms with Gasteiger partial charge in [-0.25, -0.2) is 0 Å². The summed E-state index contributed by atoms with van der Waals surface area (Å²) in [5, 5.41) is 1.97. The number of hydroxylamine groups is 2. The van der Waals surface area contributed by atoms with Crippen LogP contribution in [0.15, 0.2) is 79.1 Å². The lowest BCUT2D eigenvalue weighted by molar-refractivity contribution is -0.169. The molecule has 2 atom stereocenters. The van der Waals surface area contributed by atoms with Gasteiger partial charge in [0.1, 0.15) is 6.10 Å². The summed E-state index contributed by atoms with van der Waals surface area (Å²) in [5.74, 6) is 0. The second-order valence-electron chi connectivity index (χ2n) is 6.80. The highest BCUT2D eigenvalue weighted by Gasteiger charge is 2.43. The van der Waals surface area contributed by atoms with Gasteiger partial charge in [-0.3, -0.25) is 9.82 Å². The van der Waals surface area contributed by atoms with Crippen LogP contribution in [0.3, 0.4) is 0 Å². The van der Waals surface area contributed by atoms with Crippen molar-refractivity contribution in [3.63, 3.8) is 0 Å². The molecule has 1 saturated heterocycles. The zero-order valence-electron chi connectivity index (χ0n) is 14.6. The number of pyridine rings is 1. The summed E-state index contributed by atoms with van der Waals surface area (Å²) in [5.41, 5.74) is 4.68. The van der Waals surface area contributed by atoms with Gasteiger partial charge < -0.3 is 0 Å². The Balaban J connectivity index is 1.57. The zero-order chi connectivity index (χ0) is 17.3. The van der Waals surface area contributed by atoms with E-state index in [2.05, 4.69) is 66.5 Å². The fourth-order valence-electron chi connectivity index (χ4n) is 3.51. The van der Waals surface area contributed by atoms with Crippen molar-refractivity contribution in [2.45, 2.75) is 25.0 Å². The van der Waals surface area contributed by atoms with E-state index in [0.717, 1.165) is 6.42 Å². The lowest BCUT2D eigenvalue weighted by Crippen LogP contribution is -2.34. The summed E-state index contributed by atoms with van der Waals surface area (Å²) in [6.07, 6.45) is 4.70. The maximum absolute atomic E-state index is 6.17. The Morgan fingerprint density at radius 3 is 2.36 bits per heavy atom. The fourth-order valence-corrected chi connectivity index (χ4v) is 3.51. The molecular weight excluding hydrogens is 308 g/mol. The molecule has 0 N–H and O–H groups in total. The molecule has 2 unspecified atom stereocenters. The number of aromatic nitrogens is 1. The van der Waals surface area contributed by atoms with Crippen LogP contribution in [0, 0.1) is 0 Å². The second kappa shape index (κ2) is 6.43. The van der Waals surface area contributed by atoms with Gasteiger partial charge in [0.15, 0.2) is 0 Å². The first-order chi connectivity index (χ1) is 12.2. The van der Waals surface area contributed by atoms with Crippen molar-refractivity contribution in [1.29, 1.82) is 0 Å². The third-order valence-corrected chi connectivity index (χ3v) is 5.24. The molecule has 1 fully saturated rings. The monoisotopic (exact) mass is 330 g/mol. The number of hydrogen-bond donors (Lipinski definition) is 0. The zero-order valence-corrected chi connectivity index (χ0v) is 14.6. The highest BCUT2D eigenvalue weighted by Crippen LogP contribution is 2.45. The van der Waals surface area contributed by atoms with Crippen LogP contribution in [0.25, 0.3) is 11.1 Å². The summed E-state index contributed by atoms with van der Waals surface area (Å²) in [6.45, 7) is 2.21. The summed E-state index contributed by atoms with van der Waals surface area (Å²) in [7, 11) is 2.01. The summed E-state index contributed by atoms with van der Waals surface area (Å²) in [4.78, 5) is 10.4. The Hall–Kier alpha value is -2.49. The van der Waals surface area contributed by atoms with Crippen molar-refractivity contribution in [3.8, 4) is 11.1 Å². The van der Waals surface area contributed by atoms with Gasteiger partial charge in [0.05, 0.1) is 5.54 Å². The number of hydrogen-bond acceptors (Lipinski definition) is 3. The largest absolute Gasteiger partial charge is 0.290 e. The van der Waals surface area contributed by atoms with Gasteiger partial charge in [0.2, 0.25) is 0 Å². The molecule has 1 aliphatic rings. The first-order valence-corrected chi connectivity index (χ1v) is 8.63. The van der Waals surface area contributed by atoms with Crippen molar-refractivity contribution >= 4 is 0 Å². The quantitative estimate of drug-likeness (QED) is 0.678. The summed E-state index contributed by atoms with van der Waals surface area (Å²) >= 11 is 0. The normalized spacial score (nSPS) is 23.7. The summed E-state index contributed by atoms with van der Waals surface area (Å²) in [6, 6.07) is 23.2. The first kappa shape index (κ1) is 16.0. The molecule has 3 heteroatoms. The second-order valence-corrected chi connectivity index (χ2v) is 6.80. The van der Waals surface area contributed by atoms with Gasteiger partial charge in [-0.2, -0.15) is 5.06 Å². The third-order valence-electron chi connectivity index (χ3n) is 5.24. The van der Waals surface area contributed by atoms with Gasteiger partial charge in [0.25, 0.3) is 0 Å². The lowest BCUT2D eigenvalue weighted by atomic mass is 9.86. The molecule has 25 heavy (non-hydrogen) atoms. The smallest absolute Gasteiger partial charge is 0.106 e. The maximum atomic E-state index is 6.17. The van der Waals surface area contributed by atoms with Crippen LogP contribution in [0.1, 0.15) is 30.6 Å². The van der Waals surface area contributed by atoms with E-state index in [1.54, 1.807) is 0 Å².